The Morgan fingerprint density at radius 2 is 1.83 bits per heavy atom. The maximum atomic E-state index is 13.0. The third-order valence-corrected chi connectivity index (χ3v) is 6.60. The van der Waals surface area contributed by atoms with Gasteiger partial charge in [-0.15, -0.1) is 0 Å². The molecule has 3 aromatic carbocycles. The molecule has 9 heteroatoms. The van der Waals surface area contributed by atoms with Crippen LogP contribution < -0.4 is 14.4 Å². The Bertz CT molecular complexity index is 1310. The van der Waals surface area contributed by atoms with Crippen LogP contribution in [-0.2, 0) is 11.4 Å². The Labute approximate surface area is 217 Å². The molecule has 178 valence electrons. The number of benzene rings is 3. The Morgan fingerprint density at radius 3 is 2.49 bits per heavy atom. The van der Waals surface area contributed by atoms with Crippen molar-refractivity contribution < 1.29 is 24.2 Å². The van der Waals surface area contributed by atoms with Crippen LogP contribution in [0.4, 0.5) is 5.69 Å². The van der Waals surface area contributed by atoms with Gasteiger partial charge in [-0.3, -0.25) is 9.69 Å². The number of para-hydroxylation sites is 1. The van der Waals surface area contributed by atoms with Gasteiger partial charge in [0.15, 0.2) is 15.8 Å². The first-order valence-electron chi connectivity index (χ1n) is 10.6. The van der Waals surface area contributed by atoms with Crippen molar-refractivity contribution in [1.82, 2.24) is 0 Å². The van der Waals surface area contributed by atoms with E-state index >= 15 is 0 Å². The van der Waals surface area contributed by atoms with Gasteiger partial charge < -0.3 is 14.6 Å². The molecule has 1 aliphatic heterocycles. The van der Waals surface area contributed by atoms with Crippen molar-refractivity contribution in [1.29, 1.82) is 0 Å². The first kappa shape index (κ1) is 24.8. The second-order valence-electron chi connectivity index (χ2n) is 7.41. The van der Waals surface area contributed by atoms with Crippen LogP contribution in [0.25, 0.3) is 6.08 Å². The number of anilines is 1. The number of thioether (sulfide) groups is 1. The molecule has 1 amide bonds. The van der Waals surface area contributed by atoms with E-state index in [-0.39, 0.29) is 18.1 Å². The second kappa shape index (κ2) is 10.9. The van der Waals surface area contributed by atoms with Gasteiger partial charge in [-0.05, 0) is 60.5 Å². The van der Waals surface area contributed by atoms with E-state index in [1.54, 1.807) is 30.3 Å². The molecular formula is C26H20ClNO5S2. The van der Waals surface area contributed by atoms with Crippen LogP contribution in [0.1, 0.15) is 28.4 Å². The molecule has 6 nitrogen and oxygen atoms in total. The van der Waals surface area contributed by atoms with Gasteiger partial charge in [0, 0.05) is 0 Å². The van der Waals surface area contributed by atoms with E-state index in [1.165, 1.54) is 28.8 Å². The van der Waals surface area contributed by atoms with Crippen LogP contribution in [0.15, 0.2) is 71.6 Å². The molecule has 1 heterocycles. The predicted molar refractivity (Wildman–Crippen MR) is 142 cm³/mol. The highest BCUT2D eigenvalue weighted by Gasteiger charge is 2.33. The molecule has 1 fully saturated rings. The fraction of sp³-hybridized carbons (Fsp3) is 0.115. The second-order valence-corrected chi connectivity index (χ2v) is 9.49. The van der Waals surface area contributed by atoms with Crippen LogP contribution in [0.5, 0.6) is 11.5 Å². The number of hydrogen-bond donors (Lipinski definition) is 1. The van der Waals surface area contributed by atoms with Crippen molar-refractivity contribution in [3.63, 3.8) is 0 Å². The minimum absolute atomic E-state index is 0.175. The summed E-state index contributed by atoms with van der Waals surface area (Å²) in [6, 6.07) is 19.1. The SMILES string of the molecule is CCOc1cc(/C=C2/SC(=S)N(c3ccccc3)C2=O)cc(Cl)c1OCc1ccc(C(=O)O)cc1. The number of thiocarbonyl (C=S) groups is 1. The third kappa shape index (κ3) is 5.67. The van der Waals surface area contributed by atoms with Crippen LogP contribution in [-0.4, -0.2) is 27.9 Å². The Morgan fingerprint density at radius 1 is 1.11 bits per heavy atom. The molecule has 0 radical (unpaired) electrons. The molecule has 1 N–H and O–H groups in total. The molecular weight excluding hydrogens is 506 g/mol. The molecule has 0 atom stereocenters. The fourth-order valence-electron chi connectivity index (χ4n) is 3.39. The highest BCUT2D eigenvalue weighted by molar-refractivity contribution is 8.27. The summed E-state index contributed by atoms with van der Waals surface area (Å²) in [6.45, 7) is 2.41. The van der Waals surface area contributed by atoms with E-state index in [0.717, 1.165) is 5.56 Å². The number of carboxylic acid groups (broad SMARTS) is 1. The average Bonchev–Trinajstić information content (AvgIpc) is 3.12. The van der Waals surface area contributed by atoms with Crippen molar-refractivity contribution in [3.05, 3.63) is 93.3 Å². The summed E-state index contributed by atoms with van der Waals surface area (Å²) in [7, 11) is 0. The lowest BCUT2D eigenvalue weighted by atomic mass is 10.1. The zero-order valence-corrected chi connectivity index (χ0v) is 21.0. The van der Waals surface area contributed by atoms with Crippen molar-refractivity contribution >= 4 is 63.5 Å². The van der Waals surface area contributed by atoms with Crippen molar-refractivity contribution in [3.8, 4) is 11.5 Å². The molecule has 1 saturated heterocycles. The minimum Gasteiger partial charge on any atom is -0.490 e. The number of ether oxygens (including phenoxy) is 2. The summed E-state index contributed by atoms with van der Waals surface area (Å²) in [5.74, 6) is -0.391. The van der Waals surface area contributed by atoms with Gasteiger partial charge in [0.1, 0.15) is 6.61 Å². The van der Waals surface area contributed by atoms with Crippen molar-refractivity contribution in [2.45, 2.75) is 13.5 Å². The van der Waals surface area contributed by atoms with Gasteiger partial charge in [0.25, 0.3) is 5.91 Å². The zero-order valence-electron chi connectivity index (χ0n) is 18.6. The molecule has 4 rings (SSSR count). The van der Waals surface area contributed by atoms with Gasteiger partial charge in [-0.1, -0.05) is 65.9 Å². The molecule has 0 bridgehead atoms. The van der Waals surface area contributed by atoms with Gasteiger partial charge in [0.05, 0.1) is 27.8 Å². The number of aromatic carboxylic acids is 1. The summed E-state index contributed by atoms with van der Waals surface area (Å²) in [6.07, 6.45) is 1.73. The van der Waals surface area contributed by atoms with Crippen molar-refractivity contribution in [2.75, 3.05) is 11.5 Å². The van der Waals surface area contributed by atoms with Gasteiger partial charge in [0.2, 0.25) is 0 Å². The first-order chi connectivity index (χ1) is 16.9. The number of nitrogens with zero attached hydrogens (tertiary/aromatic N) is 1. The fourth-order valence-corrected chi connectivity index (χ4v) is 4.96. The van der Waals surface area contributed by atoms with E-state index in [0.29, 0.717) is 43.6 Å². The summed E-state index contributed by atoms with van der Waals surface area (Å²) in [4.78, 5) is 26.0. The van der Waals surface area contributed by atoms with Crippen LogP contribution in [0.2, 0.25) is 5.02 Å². The van der Waals surface area contributed by atoms with Crippen LogP contribution in [0, 0.1) is 0 Å². The number of rotatable bonds is 8. The zero-order chi connectivity index (χ0) is 24.9. The molecule has 0 unspecified atom stereocenters. The van der Waals surface area contributed by atoms with E-state index < -0.39 is 5.97 Å². The number of halogens is 1. The quantitative estimate of drug-likeness (QED) is 0.268. The number of carbonyl (C=O) groups is 2. The number of carbonyl (C=O) groups excluding carboxylic acids is 1. The van der Waals surface area contributed by atoms with Gasteiger partial charge in [-0.2, -0.15) is 0 Å². The number of hydrogen-bond acceptors (Lipinski definition) is 6. The summed E-state index contributed by atoms with van der Waals surface area (Å²) in [5.41, 5.74) is 2.36. The summed E-state index contributed by atoms with van der Waals surface area (Å²) in [5, 5.41) is 9.37. The normalized spacial score (nSPS) is 14.5. The van der Waals surface area contributed by atoms with Gasteiger partial charge >= 0.3 is 5.97 Å². The van der Waals surface area contributed by atoms with Crippen LogP contribution >= 0.6 is 35.6 Å². The predicted octanol–water partition coefficient (Wildman–Crippen LogP) is 6.42. The Kier molecular flexibility index (Phi) is 7.75. The molecule has 0 saturated carbocycles. The maximum absolute atomic E-state index is 13.0. The largest absolute Gasteiger partial charge is 0.490 e. The average molecular weight is 526 g/mol. The highest BCUT2D eigenvalue weighted by atomic mass is 35.5. The third-order valence-electron chi connectivity index (χ3n) is 5.02. The first-order valence-corrected chi connectivity index (χ1v) is 12.2. The molecule has 0 spiro atoms. The van der Waals surface area contributed by atoms with E-state index in [2.05, 4.69) is 0 Å². The molecule has 35 heavy (non-hydrogen) atoms. The number of amides is 1. The molecule has 1 aliphatic rings. The molecule has 0 aromatic heterocycles. The summed E-state index contributed by atoms with van der Waals surface area (Å²) < 4.78 is 12.1. The maximum Gasteiger partial charge on any atom is 0.335 e. The topological polar surface area (TPSA) is 76.1 Å². The lowest BCUT2D eigenvalue weighted by Gasteiger charge is -2.15. The lowest BCUT2D eigenvalue weighted by molar-refractivity contribution is -0.113. The monoisotopic (exact) mass is 525 g/mol. The molecule has 3 aromatic rings. The Hall–Kier alpha value is -3.33. The van der Waals surface area contributed by atoms with E-state index in [9.17, 15) is 9.59 Å². The summed E-state index contributed by atoms with van der Waals surface area (Å²) >= 11 is 13.2. The smallest absolute Gasteiger partial charge is 0.335 e. The minimum atomic E-state index is -0.990. The van der Waals surface area contributed by atoms with Crippen LogP contribution in [0.3, 0.4) is 0 Å². The standard InChI is InChI=1S/C26H20ClNO5S2/c1-2-32-21-13-17(14-22-24(29)28(26(34)35-22)19-6-4-3-5-7-19)12-20(27)23(21)33-15-16-8-10-18(11-9-16)25(30)31/h3-14H,2,15H2,1H3,(H,30,31)/b22-14+. The number of carboxylic acids is 1. The highest BCUT2D eigenvalue weighted by Crippen LogP contribution is 2.40. The van der Waals surface area contributed by atoms with E-state index in [4.69, 9.17) is 38.4 Å². The van der Waals surface area contributed by atoms with Crippen molar-refractivity contribution in [2.24, 2.45) is 0 Å². The lowest BCUT2D eigenvalue weighted by Crippen LogP contribution is -2.27. The molecule has 0 aliphatic carbocycles. The van der Waals surface area contributed by atoms with E-state index in [1.807, 2.05) is 37.3 Å². The van der Waals surface area contributed by atoms with Gasteiger partial charge in [-0.25, -0.2) is 4.79 Å². The Balaban J connectivity index is 1.57.